The van der Waals surface area contributed by atoms with E-state index < -0.39 is 0 Å². The van der Waals surface area contributed by atoms with Gasteiger partial charge in [0.05, 0.1) is 6.04 Å². The first kappa shape index (κ1) is 17.4. The van der Waals surface area contributed by atoms with Gasteiger partial charge in [0, 0.05) is 19.0 Å². The number of nitrogens with one attached hydrogen (secondary N) is 2. The first-order chi connectivity index (χ1) is 12.0. The number of carbonyl (C=O) groups excluding carboxylic acids is 1. The van der Waals surface area contributed by atoms with Crippen LogP contribution >= 0.6 is 0 Å². The van der Waals surface area contributed by atoms with E-state index in [1.54, 1.807) is 26.0 Å². The van der Waals surface area contributed by atoms with E-state index in [-0.39, 0.29) is 17.9 Å². The summed E-state index contributed by atoms with van der Waals surface area (Å²) in [5.74, 6) is 1.04. The van der Waals surface area contributed by atoms with Crippen LogP contribution in [0.2, 0.25) is 0 Å². The van der Waals surface area contributed by atoms with Crippen LogP contribution in [0.1, 0.15) is 54.2 Å². The Bertz CT molecular complexity index is 715. The van der Waals surface area contributed by atoms with Gasteiger partial charge < -0.3 is 10.2 Å². The molecular weight excluding hydrogens is 321 g/mol. The number of halogens is 1. The van der Waals surface area contributed by atoms with E-state index in [1.165, 1.54) is 6.33 Å². The van der Waals surface area contributed by atoms with Crippen LogP contribution in [0.15, 0.2) is 18.5 Å². The number of piperidine rings is 1. The molecule has 1 fully saturated rings. The minimum Gasteiger partial charge on any atom is -0.331 e. The highest BCUT2D eigenvalue weighted by Gasteiger charge is 2.26. The van der Waals surface area contributed by atoms with Gasteiger partial charge in [-0.1, -0.05) is 12.1 Å². The first-order valence-corrected chi connectivity index (χ1v) is 8.63. The number of hydrogen-bond donors (Lipinski definition) is 2. The zero-order valence-electron chi connectivity index (χ0n) is 14.8. The minimum atomic E-state index is -0.184. The van der Waals surface area contributed by atoms with Crippen LogP contribution in [0.3, 0.4) is 0 Å². The lowest BCUT2D eigenvalue weighted by molar-refractivity contribution is 0.177. The van der Waals surface area contributed by atoms with Crippen molar-refractivity contribution in [1.82, 2.24) is 25.4 Å². The van der Waals surface area contributed by atoms with Gasteiger partial charge in [0.25, 0.3) is 0 Å². The number of hydrogen-bond acceptors (Lipinski definition) is 3. The lowest BCUT2D eigenvalue weighted by atomic mass is 9.96. The van der Waals surface area contributed by atoms with Crippen LogP contribution < -0.4 is 5.32 Å². The molecule has 0 radical (unpaired) electrons. The number of aromatic nitrogens is 3. The highest BCUT2D eigenvalue weighted by molar-refractivity contribution is 5.74. The van der Waals surface area contributed by atoms with Gasteiger partial charge >= 0.3 is 6.03 Å². The maximum Gasteiger partial charge on any atom is 0.317 e. The third-order valence-corrected chi connectivity index (χ3v) is 4.90. The molecule has 1 aromatic heterocycles. The molecule has 1 saturated heterocycles. The molecule has 1 aliphatic rings. The van der Waals surface area contributed by atoms with E-state index in [2.05, 4.69) is 20.5 Å². The molecule has 2 amide bonds. The highest BCUT2D eigenvalue weighted by Crippen LogP contribution is 2.25. The molecule has 1 aliphatic heterocycles. The smallest absolute Gasteiger partial charge is 0.317 e. The number of aryl methyl sites for hydroxylation is 2. The second-order valence-corrected chi connectivity index (χ2v) is 6.77. The van der Waals surface area contributed by atoms with Crippen molar-refractivity contribution in [1.29, 1.82) is 0 Å². The Kier molecular flexibility index (Phi) is 5.01. The molecule has 0 aliphatic carbocycles. The number of aromatic amines is 1. The monoisotopic (exact) mass is 345 g/mol. The number of amides is 2. The van der Waals surface area contributed by atoms with Crippen LogP contribution in [0.4, 0.5) is 9.18 Å². The largest absolute Gasteiger partial charge is 0.331 e. The Balaban J connectivity index is 1.57. The van der Waals surface area contributed by atoms with Gasteiger partial charge in [-0.2, -0.15) is 5.10 Å². The molecular formula is C18H24FN5O. The number of rotatable bonds is 3. The summed E-state index contributed by atoms with van der Waals surface area (Å²) < 4.78 is 13.8. The molecule has 134 valence electrons. The average molecular weight is 345 g/mol. The minimum absolute atomic E-state index is 0.0804. The van der Waals surface area contributed by atoms with Gasteiger partial charge in [-0.05, 0) is 50.3 Å². The van der Waals surface area contributed by atoms with Gasteiger partial charge in [0.1, 0.15) is 18.0 Å². The summed E-state index contributed by atoms with van der Waals surface area (Å²) in [4.78, 5) is 18.5. The standard InChI is InChI=1S/C18H24FN5O/c1-11-8-15(9-12(2)16(11)19)13(3)22-18(25)24-6-4-14(5-7-24)17-20-10-21-23-17/h8-10,13-14H,4-7H2,1-3H3,(H,22,25)(H,20,21,23). The van der Waals surface area contributed by atoms with Crippen molar-refractivity contribution in [2.75, 3.05) is 13.1 Å². The third-order valence-electron chi connectivity index (χ3n) is 4.90. The van der Waals surface area contributed by atoms with Crippen LogP contribution in [-0.2, 0) is 0 Å². The Morgan fingerprint density at radius 2 is 1.96 bits per heavy atom. The van der Waals surface area contributed by atoms with Gasteiger partial charge in [0.15, 0.2) is 0 Å². The van der Waals surface area contributed by atoms with Crippen molar-refractivity contribution in [2.45, 2.75) is 45.6 Å². The molecule has 1 aromatic carbocycles. The van der Waals surface area contributed by atoms with Crippen LogP contribution in [0, 0.1) is 19.7 Å². The molecule has 1 unspecified atom stereocenters. The summed E-state index contributed by atoms with van der Waals surface area (Å²) in [7, 11) is 0. The predicted molar refractivity (Wildman–Crippen MR) is 92.8 cm³/mol. The fourth-order valence-electron chi connectivity index (χ4n) is 3.36. The van der Waals surface area contributed by atoms with Crippen molar-refractivity contribution in [3.8, 4) is 0 Å². The van der Waals surface area contributed by atoms with Crippen molar-refractivity contribution >= 4 is 6.03 Å². The summed E-state index contributed by atoms with van der Waals surface area (Å²) in [5.41, 5.74) is 2.12. The van der Waals surface area contributed by atoms with Gasteiger partial charge in [-0.25, -0.2) is 14.2 Å². The molecule has 25 heavy (non-hydrogen) atoms. The fourth-order valence-corrected chi connectivity index (χ4v) is 3.36. The molecule has 7 heteroatoms. The Labute approximate surface area is 146 Å². The van der Waals surface area contributed by atoms with Crippen molar-refractivity contribution in [3.05, 3.63) is 46.8 Å². The zero-order chi connectivity index (χ0) is 18.0. The van der Waals surface area contributed by atoms with E-state index in [0.29, 0.717) is 30.1 Å². The predicted octanol–water partition coefficient (Wildman–Crippen LogP) is 3.21. The Morgan fingerprint density at radius 1 is 1.32 bits per heavy atom. The van der Waals surface area contributed by atoms with Crippen molar-refractivity contribution in [3.63, 3.8) is 0 Å². The van der Waals surface area contributed by atoms with Crippen LogP contribution in [0.25, 0.3) is 0 Å². The SMILES string of the molecule is Cc1cc(C(C)NC(=O)N2CCC(c3ncn[nH]3)CC2)cc(C)c1F. The molecule has 0 spiro atoms. The second kappa shape index (κ2) is 7.21. The normalized spacial score (nSPS) is 16.7. The van der Waals surface area contributed by atoms with Crippen molar-refractivity contribution < 1.29 is 9.18 Å². The summed E-state index contributed by atoms with van der Waals surface area (Å²) in [6, 6.07) is 3.34. The quantitative estimate of drug-likeness (QED) is 0.897. The maximum absolute atomic E-state index is 13.8. The second-order valence-electron chi connectivity index (χ2n) is 6.77. The number of likely N-dealkylation sites (tertiary alicyclic amines) is 1. The van der Waals surface area contributed by atoms with Gasteiger partial charge in [-0.3, -0.25) is 5.10 Å². The fraction of sp³-hybridized carbons (Fsp3) is 0.500. The molecule has 0 saturated carbocycles. The number of nitrogens with zero attached hydrogens (tertiary/aromatic N) is 3. The lowest BCUT2D eigenvalue weighted by Gasteiger charge is -2.32. The van der Waals surface area contributed by atoms with Crippen molar-refractivity contribution in [2.24, 2.45) is 0 Å². The zero-order valence-corrected chi connectivity index (χ0v) is 14.8. The van der Waals surface area contributed by atoms with E-state index in [9.17, 15) is 9.18 Å². The van der Waals surface area contributed by atoms with E-state index in [1.807, 2.05) is 11.8 Å². The lowest BCUT2D eigenvalue weighted by Crippen LogP contribution is -2.45. The number of urea groups is 1. The highest BCUT2D eigenvalue weighted by atomic mass is 19.1. The van der Waals surface area contributed by atoms with E-state index >= 15 is 0 Å². The molecule has 2 aromatic rings. The number of benzene rings is 1. The molecule has 2 N–H and O–H groups in total. The number of carbonyl (C=O) groups is 1. The Hall–Kier alpha value is -2.44. The third kappa shape index (κ3) is 3.81. The number of H-pyrrole nitrogens is 1. The molecule has 0 bridgehead atoms. The van der Waals surface area contributed by atoms with E-state index in [4.69, 9.17) is 0 Å². The molecule has 2 heterocycles. The summed E-state index contributed by atoms with van der Waals surface area (Å²) in [5, 5.41) is 9.82. The first-order valence-electron chi connectivity index (χ1n) is 8.63. The molecule has 3 rings (SSSR count). The maximum atomic E-state index is 13.8. The molecule has 1 atom stereocenters. The Morgan fingerprint density at radius 3 is 2.52 bits per heavy atom. The van der Waals surface area contributed by atoms with Crippen LogP contribution in [0.5, 0.6) is 0 Å². The molecule has 6 nitrogen and oxygen atoms in total. The summed E-state index contributed by atoms with van der Waals surface area (Å²) in [6.07, 6.45) is 3.25. The summed E-state index contributed by atoms with van der Waals surface area (Å²) >= 11 is 0. The van der Waals surface area contributed by atoms with E-state index in [0.717, 1.165) is 24.2 Å². The van der Waals surface area contributed by atoms with Gasteiger partial charge in [-0.15, -0.1) is 0 Å². The topological polar surface area (TPSA) is 73.9 Å². The summed E-state index contributed by atoms with van der Waals surface area (Å²) in [6.45, 7) is 6.78. The van der Waals surface area contributed by atoms with Gasteiger partial charge in [0.2, 0.25) is 0 Å². The van der Waals surface area contributed by atoms with Crippen LogP contribution in [-0.4, -0.2) is 39.2 Å². The average Bonchev–Trinajstić information content (AvgIpc) is 3.14.